The minimum Gasteiger partial charge on any atom is -0.463 e. The smallest absolute Gasteiger partial charge is 0.257 e. The molecule has 2 aliphatic heterocycles. The van der Waals surface area contributed by atoms with Crippen LogP contribution in [0.25, 0.3) is 11.0 Å². The van der Waals surface area contributed by atoms with Crippen LogP contribution in [0.3, 0.4) is 0 Å². The van der Waals surface area contributed by atoms with Crippen molar-refractivity contribution in [3.05, 3.63) is 36.1 Å². The van der Waals surface area contributed by atoms with Crippen molar-refractivity contribution in [1.29, 1.82) is 0 Å². The molecule has 0 bridgehead atoms. The molecule has 2 aromatic rings. The third-order valence-corrected chi connectivity index (χ3v) is 4.96. The van der Waals surface area contributed by atoms with Crippen molar-refractivity contribution in [2.45, 2.75) is 18.9 Å². The number of carbonyl (C=O) groups is 2. The number of para-hydroxylation sites is 1. The first-order valence-corrected chi connectivity index (χ1v) is 8.50. The first-order chi connectivity index (χ1) is 11.7. The number of rotatable bonds is 2. The van der Waals surface area contributed by atoms with Gasteiger partial charge >= 0.3 is 0 Å². The maximum Gasteiger partial charge on any atom is 0.257 e. The number of piperidine rings is 1. The first kappa shape index (κ1) is 15.2. The molecule has 4 rings (SSSR count). The lowest BCUT2D eigenvalue weighted by Crippen LogP contribution is -2.57. The lowest BCUT2D eigenvalue weighted by molar-refractivity contribution is -0.135. The molecule has 0 saturated carbocycles. The zero-order chi connectivity index (χ0) is 16.5. The summed E-state index contributed by atoms with van der Waals surface area (Å²) < 4.78 is 5.50. The van der Waals surface area contributed by atoms with Gasteiger partial charge in [-0.1, -0.05) is 18.2 Å². The second-order valence-corrected chi connectivity index (χ2v) is 6.46. The largest absolute Gasteiger partial charge is 0.463 e. The van der Waals surface area contributed by atoms with E-state index in [4.69, 9.17) is 4.42 Å². The van der Waals surface area contributed by atoms with E-state index in [2.05, 4.69) is 5.32 Å². The molecule has 6 nitrogen and oxygen atoms in total. The van der Waals surface area contributed by atoms with Crippen molar-refractivity contribution in [1.82, 2.24) is 15.1 Å². The van der Waals surface area contributed by atoms with Crippen molar-refractivity contribution in [3.63, 3.8) is 0 Å². The van der Waals surface area contributed by atoms with E-state index in [1.165, 1.54) is 0 Å². The first-order valence-electron chi connectivity index (χ1n) is 8.50. The van der Waals surface area contributed by atoms with Crippen LogP contribution < -0.4 is 5.32 Å². The number of nitrogens with one attached hydrogen (secondary N) is 1. The number of furan rings is 1. The van der Waals surface area contributed by atoms with Crippen molar-refractivity contribution in [3.8, 4) is 0 Å². The summed E-state index contributed by atoms with van der Waals surface area (Å²) in [4.78, 5) is 28.8. The van der Waals surface area contributed by atoms with Gasteiger partial charge in [-0.15, -0.1) is 0 Å². The van der Waals surface area contributed by atoms with E-state index in [9.17, 15) is 9.59 Å². The molecular weight excluding hydrogens is 306 g/mol. The molecule has 3 heterocycles. The van der Waals surface area contributed by atoms with Gasteiger partial charge in [0.2, 0.25) is 5.91 Å². The zero-order valence-electron chi connectivity index (χ0n) is 13.5. The molecule has 24 heavy (non-hydrogen) atoms. The summed E-state index contributed by atoms with van der Waals surface area (Å²) in [5, 5.41) is 3.95. The van der Waals surface area contributed by atoms with E-state index < -0.39 is 0 Å². The number of amides is 2. The predicted octanol–water partition coefficient (Wildman–Crippen LogP) is 1.47. The fourth-order valence-electron chi connectivity index (χ4n) is 3.71. The minimum absolute atomic E-state index is 0.00719. The molecule has 0 aliphatic carbocycles. The Kier molecular flexibility index (Phi) is 3.98. The minimum atomic E-state index is -0.00719. The van der Waals surface area contributed by atoms with Gasteiger partial charge in [0.05, 0.1) is 12.1 Å². The number of likely N-dealkylation sites (tertiary alicyclic amines) is 1. The highest BCUT2D eigenvalue weighted by atomic mass is 16.3. The number of hydrogen-bond donors (Lipinski definition) is 1. The van der Waals surface area contributed by atoms with E-state index >= 15 is 0 Å². The lowest BCUT2D eigenvalue weighted by Gasteiger charge is -2.41. The fourth-order valence-corrected chi connectivity index (χ4v) is 3.71. The average Bonchev–Trinajstić information content (AvgIpc) is 3.06. The monoisotopic (exact) mass is 327 g/mol. The predicted molar refractivity (Wildman–Crippen MR) is 89.7 cm³/mol. The van der Waals surface area contributed by atoms with Gasteiger partial charge < -0.3 is 19.5 Å². The van der Waals surface area contributed by atoms with E-state index in [1.54, 1.807) is 6.26 Å². The Bertz CT molecular complexity index is 770. The van der Waals surface area contributed by atoms with Crippen molar-refractivity contribution < 1.29 is 14.0 Å². The highest BCUT2D eigenvalue weighted by Crippen LogP contribution is 2.24. The van der Waals surface area contributed by atoms with Gasteiger partial charge in [-0.3, -0.25) is 9.59 Å². The van der Waals surface area contributed by atoms with Crippen LogP contribution in [0.2, 0.25) is 0 Å². The molecule has 1 N–H and O–H groups in total. The van der Waals surface area contributed by atoms with Crippen molar-refractivity contribution in [2.75, 3.05) is 32.7 Å². The number of benzene rings is 1. The molecule has 1 aromatic carbocycles. The second-order valence-electron chi connectivity index (χ2n) is 6.46. The Labute approximate surface area is 140 Å². The number of nitrogens with zero attached hydrogens (tertiary/aromatic N) is 2. The highest BCUT2D eigenvalue weighted by molar-refractivity contribution is 6.05. The number of carbonyl (C=O) groups excluding carboxylic acids is 2. The van der Waals surface area contributed by atoms with Crippen molar-refractivity contribution >= 4 is 22.8 Å². The van der Waals surface area contributed by atoms with E-state index in [1.807, 2.05) is 34.1 Å². The van der Waals surface area contributed by atoms with Crippen LogP contribution in [0.15, 0.2) is 34.9 Å². The van der Waals surface area contributed by atoms with Crippen LogP contribution in [-0.4, -0.2) is 60.4 Å². The summed E-state index contributed by atoms with van der Waals surface area (Å²) >= 11 is 0. The summed E-state index contributed by atoms with van der Waals surface area (Å²) in [6, 6.07) is 7.70. The maximum atomic E-state index is 12.9. The molecule has 1 aromatic heterocycles. The summed E-state index contributed by atoms with van der Waals surface area (Å²) in [5.74, 6) is 0.126. The normalized spacial score (nSPS) is 22.2. The Morgan fingerprint density at radius 2 is 2.12 bits per heavy atom. The molecule has 2 fully saturated rings. The molecule has 2 aliphatic rings. The van der Waals surface area contributed by atoms with Crippen molar-refractivity contribution in [2.24, 2.45) is 0 Å². The molecule has 0 spiro atoms. The molecule has 0 radical (unpaired) electrons. The SMILES string of the molecule is O=C(c1coc2ccccc12)N1CCCC(N2CCNCC2=O)C1. The summed E-state index contributed by atoms with van der Waals surface area (Å²) in [6.07, 6.45) is 3.43. The number of fused-ring (bicyclic) bond motifs is 1. The van der Waals surface area contributed by atoms with Gasteiger partial charge in [0.15, 0.2) is 0 Å². The van der Waals surface area contributed by atoms with Crippen LogP contribution in [-0.2, 0) is 4.79 Å². The number of hydrogen-bond acceptors (Lipinski definition) is 4. The van der Waals surface area contributed by atoms with Gasteiger partial charge in [-0.2, -0.15) is 0 Å². The highest BCUT2D eigenvalue weighted by Gasteiger charge is 2.32. The standard InChI is InChI=1S/C18H21N3O3/c22-17-10-19-7-9-21(17)13-4-3-8-20(11-13)18(23)15-12-24-16-6-2-1-5-14(15)16/h1-2,5-6,12-13,19H,3-4,7-11H2. The fraction of sp³-hybridized carbons (Fsp3) is 0.444. The summed E-state index contributed by atoms with van der Waals surface area (Å²) in [7, 11) is 0. The van der Waals surface area contributed by atoms with E-state index in [0.29, 0.717) is 18.7 Å². The molecule has 126 valence electrons. The Hall–Kier alpha value is -2.34. The van der Waals surface area contributed by atoms with Crippen LogP contribution in [0, 0.1) is 0 Å². The third-order valence-electron chi connectivity index (χ3n) is 4.96. The summed E-state index contributed by atoms with van der Waals surface area (Å²) in [5.41, 5.74) is 1.34. The third kappa shape index (κ3) is 2.67. The average molecular weight is 327 g/mol. The van der Waals surface area contributed by atoms with Gasteiger partial charge in [0, 0.05) is 37.6 Å². The van der Waals surface area contributed by atoms with Crippen LogP contribution in [0.4, 0.5) is 0 Å². The van der Waals surface area contributed by atoms with Crippen LogP contribution in [0.1, 0.15) is 23.2 Å². The zero-order valence-corrected chi connectivity index (χ0v) is 13.5. The van der Waals surface area contributed by atoms with Gasteiger partial charge in [0.1, 0.15) is 11.8 Å². The molecule has 1 unspecified atom stereocenters. The molecular formula is C18H21N3O3. The summed E-state index contributed by atoms with van der Waals surface area (Å²) in [6.45, 7) is 3.28. The lowest BCUT2D eigenvalue weighted by atomic mass is 10.0. The Morgan fingerprint density at radius 3 is 3.00 bits per heavy atom. The molecule has 2 amide bonds. The quantitative estimate of drug-likeness (QED) is 0.907. The van der Waals surface area contributed by atoms with Crippen LogP contribution in [0.5, 0.6) is 0 Å². The van der Waals surface area contributed by atoms with Gasteiger partial charge in [-0.25, -0.2) is 0 Å². The van der Waals surface area contributed by atoms with Gasteiger partial charge in [-0.05, 0) is 18.9 Å². The Morgan fingerprint density at radius 1 is 1.25 bits per heavy atom. The molecule has 6 heteroatoms. The van der Waals surface area contributed by atoms with E-state index in [0.717, 1.165) is 43.4 Å². The number of piperazine rings is 1. The van der Waals surface area contributed by atoms with Crippen LogP contribution >= 0.6 is 0 Å². The molecule has 2 saturated heterocycles. The van der Waals surface area contributed by atoms with Gasteiger partial charge in [0.25, 0.3) is 5.91 Å². The Balaban J connectivity index is 1.53. The topological polar surface area (TPSA) is 65.8 Å². The van der Waals surface area contributed by atoms with E-state index in [-0.39, 0.29) is 17.9 Å². The maximum absolute atomic E-state index is 12.9. The second kappa shape index (κ2) is 6.28. The molecule has 1 atom stereocenters.